The van der Waals surface area contributed by atoms with Gasteiger partial charge in [0.15, 0.2) is 0 Å². The molecule has 1 aromatic rings. The Morgan fingerprint density at radius 3 is 2.45 bits per heavy atom. The summed E-state index contributed by atoms with van der Waals surface area (Å²) < 4.78 is 39.5. The topological polar surface area (TPSA) is 74.7 Å². The number of rotatable bonds is 3. The van der Waals surface area contributed by atoms with Crippen molar-refractivity contribution in [2.24, 2.45) is 5.92 Å². The fourth-order valence-corrected chi connectivity index (χ4v) is 3.74. The van der Waals surface area contributed by atoms with Crippen LogP contribution in [0.5, 0.6) is 0 Å². The van der Waals surface area contributed by atoms with E-state index >= 15 is 0 Å². The van der Waals surface area contributed by atoms with Crippen LogP contribution in [-0.2, 0) is 10.0 Å². The zero-order valence-electron chi connectivity index (χ0n) is 11.0. The van der Waals surface area contributed by atoms with Gasteiger partial charge in [0.2, 0.25) is 10.0 Å². The number of sulfonamides is 1. The fourth-order valence-electron chi connectivity index (χ4n) is 2.21. The highest BCUT2D eigenvalue weighted by Crippen LogP contribution is 2.24. The number of aromatic carboxylic acids is 1. The SMILES string of the molecule is CC1CCN(S(=O)(=O)c2cc(F)cc(C(=O)O)c2)CC1. The van der Waals surface area contributed by atoms with Crippen LogP contribution in [0.25, 0.3) is 0 Å². The van der Waals surface area contributed by atoms with Gasteiger partial charge in [0.05, 0.1) is 10.5 Å². The molecule has 1 aromatic carbocycles. The molecule has 0 bridgehead atoms. The van der Waals surface area contributed by atoms with Crippen molar-refractivity contribution in [1.29, 1.82) is 0 Å². The number of halogens is 1. The third-order valence-electron chi connectivity index (χ3n) is 3.50. The van der Waals surface area contributed by atoms with Gasteiger partial charge < -0.3 is 5.11 Å². The van der Waals surface area contributed by atoms with Crippen molar-refractivity contribution in [3.8, 4) is 0 Å². The van der Waals surface area contributed by atoms with Gasteiger partial charge in [0, 0.05) is 13.1 Å². The Bertz CT molecular complexity index is 621. The van der Waals surface area contributed by atoms with Crippen LogP contribution in [0, 0.1) is 11.7 Å². The number of benzene rings is 1. The van der Waals surface area contributed by atoms with Crippen LogP contribution in [0.4, 0.5) is 4.39 Å². The van der Waals surface area contributed by atoms with Gasteiger partial charge in [-0.05, 0) is 37.0 Å². The lowest BCUT2D eigenvalue weighted by atomic mass is 10.0. The molecule has 5 nitrogen and oxygen atoms in total. The predicted octanol–water partition coefficient (Wildman–Crippen LogP) is 1.94. The van der Waals surface area contributed by atoms with Crippen LogP contribution < -0.4 is 0 Å². The van der Waals surface area contributed by atoms with E-state index in [1.54, 1.807) is 0 Å². The van der Waals surface area contributed by atoms with Crippen molar-refractivity contribution in [2.75, 3.05) is 13.1 Å². The zero-order chi connectivity index (χ0) is 14.9. The fraction of sp³-hybridized carbons (Fsp3) is 0.462. The summed E-state index contributed by atoms with van der Waals surface area (Å²) in [6.07, 6.45) is 1.50. The molecule has 7 heteroatoms. The maximum absolute atomic E-state index is 13.4. The number of hydrogen-bond donors (Lipinski definition) is 1. The third-order valence-corrected chi connectivity index (χ3v) is 5.38. The van der Waals surface area contributed by atoms with Crippen LogP contribution in [0.2, 0.25) is 0 Å². The van der Waals surface area contributed by atoms with Gasteiger partial charge in [-0.3, -0.25) is 0 Å². The summed E-state index contributed by atoms with van der Waals surface area (Å²) in [5, 5.41) is 8.87. The summed E-state index contributed by atoms with van der Waals surface area (Å²) in [7, 11) is -3.83. The summed E-state index contributed by atoms with van der Waals surface area (Å²) in [5.74, 6) is -1.76. The van der Waals surface area contributed by atoms with Gasteiger partial charge in [-0.2, -0.15) is 4.31 Å². The molecule has 1 N–H and O–H groups in total. The Balaban J connectivity index is 2.36. The molecule has 0 saturated carbocycles. The average molecular weight is 301 g/mol. The highest BCUT2D eigenvalue weighted by atomic mass is 32.2. The van der Waals surface area contributed by atoms with Crippen molar-refractivity contribution >= 4 is 16.0 Å². The van der Waals surface area contributed by atoms with Crippen LogP contribution >= 0.6 is 0 Å². The van der Waals surface area contributed by atoms with Crippen LogP contribution in [-0.4, -0.2) is 36.9 Å². The molecule has 0 unspecified atom stereocenters. The molecule has 2 rings (SSSR count). The standard InChI is InChI=1S/C13H16FNO4S/c1-9-2-4-15(5-3-9)20(18,19)12-7-10(13(16)17)6-11(14)8-12/h6-9H,2-5H2,1H3,(H,16,17). The van der Waals surface area contributed by atoms with E-state index in [4.69, 9.17) is 5.11 Å². The van der Waals surface area contributed by atoms with E-state index in [0.29, 0.717) is 19.0 Å². The monoisotopic (exact) mass is 301 g/mol. The largest absolute Gasteiger partial charge is 0.478 e. The number of hydrogen-bond acceptors (Lipinski definition) is 3. The first-order valence-electron chi connectivity index (χ1n) is 6.35. The number of carbonyl (C=O) groups is 1. The second kappa shape index (κ2) is 5.49. The Hall–Kier alpha value is -1.47. The molecule has 0 aliphatic carbocycles. The first-order chi connectivity index (χ1) is 9.30. The summed E-state index contributed by atoms with van der Waals surface area (Å²) in [6, 6.07) is 2.66. The van der Waals surface area contributed by atoms with E-state index < -0.39 is 21.8 Å². The van der Waals surface area contributed by atoms with Crippen molar-refractivity contribution < 1.29 is 22.7 Å². The highest BCUT2D eigenvalue weighted by molar-refractivity contribution is 7.89. The lowest BCUT2D eigenvalue weighted by Crippen LogP contribution is -2.38. The van der Waals surface area contributed by atoms with E-state index in [-0.39, 0.29) is 10.5 Å². The van der Waals surface area contributed by atoms with Crippen LogP contribution in [0.3, 0.4) is 0 Å². The molecule has 0 spiro atoms. The minimum absolute atomic E-state index is 0.301. The Labute approximate surface area is 117 Å². The molecular weight excluding hydrogens is 285 g/mol. The van der Waals surface area contributed by atoms with Gasteiger partial charge in [-0.25, -0.2) is 17.6 Å². The minimum Gasteiger partial charge on any atom is -0.478 e. The smallest absolute Gasteiger partial charge is 0.335 e. The molecule has 1 aliphatic rings. The lowest BCUT2D eigenvalue weighted by molar-refractivity contribution is 0.0696. The molecule has 110 valence electrons. The van der Waals surface area contributed by atoms with Gasteiger partial charge >= 0.3 is 5.97 Å². The molecule has 1 saturated heterocycles. The first-order valence-corrected chi connectivity index (χ1v) is 7.79. The average Bonchev–Trinajstić information content (AvgIpc) is 2.38. The van der Waals surface area contributed by atoms with Crippen LogP contribution in [0.1, 0.15) is 30.1 Å². The van der Waals surface area contributed by atoms with Crippen molar-refractivity contribution in [3.63, 3.8) is 0 Å². The molecule has 0 atom stereocenters. The Kier molecular flexibility index (Phi) is 4.10. The quantitative estimate of drug-likeness (QED) is 0.926. The zero-order valence-corrected chi connectivity index (χ0v) is 11.9. The van der Waals surface area contributed by atoms with E-state index in [0.717, 1.165) is 31.0 Å². The van der Waals surface area contributed by atoms with Crippen molar-refractivity contribution in [3.05, 3.63) is 29.6 Å². The van der Waals surface area contributed by atoms with Gasteiger partial charge in [0.1, 0.15) is 5.82 Å². The molecule has 1 aliphatic heterocycles. The maximum atomic E-state index is 13.4. The number of carboxylic acids is 1. The normalized spacial score (nSPS) is 18.1. The summed E-state index contributed by atoms with van der Waals surface area (Å²) in [6.45, 7) is 2.81. The van der Waals surface area contributed by atoms with E-state index in [1.165, 1.54) is 4.31 Å². The Morgan fingerprint density at radius 2 is 1.90 bits per heavy atom. The van der Waals surface area contributed by atoms with E-state index in [2.05, 4.69) is 6.92 Å². The molecular formula is C13H16FNO4S. The number of nitrogens with zero attached hydrogens (tertiary/aromatic N) is 1. The molecule has 1 fully saturated rings. The molecule has 0 radical (unpaired) electrons. The van der Waals surface area contributed by atoms with Crippen molar-refractivity contribution in [1.82, 2.24) is 4.31 Å². The highest BCUT2D eigenvalue weighted by Gasteiger charge is 2.29. The lowest BCUT2D eigenvalue weighted by Gasteiger charge is -2.29. The number of piperidine rings is 1. The second-order valence-electron chi connectivity index (χ2n) is 5.07. The summed E-state index contributed by atoms with van der Waals surface area (Å²) in [5.41, 5.74) is -0.367. The van der Waals surface area contributed by atoms with Crippen molar-refractivity contribution in [2.45, 2.75) is 24.7 Å². The van der Waals surface area contributed by atoms with Crippen LogP contribution in [0.15, 0.2) is 23.1 Å². The van der Waals surface area contributed by atoms with Gasteiger partial charge in [-0.1, -0.05) is 6.92 Å². The molecule has 1 heterocycles. The number of carboxylic acid groups (broad SMARTS) is 1. The maximum Gasteiger partial charge on any atom is 0.335 e. The first kappa shape index (κ1) is 14.9. The van der Waals surface area contributed by atoms with E-state index in [9.17, 15) is 17.6 Å². The minimum atomic E-state index is -3.83. The predicted molar refractivity (Wildman–Crippen MR) is 70.5 cm³/mol. The second-order valence-corrected chi connectivity index (χ2v) is 7.01. The summed E-state index contributed by atoms with van der Waals surface area (Å²) in [4.78, 5) is 10.6. The molecule has 0 amide bonds. The molecule has 0 aromatic heterocycles. The third kappa shape index (κ3) is 2.99. The summed E-state index contributed by atoms with van der Waals surface area (Å²) >= 11 is 0. The van der Waals surface area contributed by atoms with Gasteiger partial charge in [-0.15, -0.1) is 0 Å². The molecule has 20 heavy (non-hydrogen) atoms. The van der Waals surface area contributed by atoms with Gasteiger partial charge in [0.25, 0.3) is 0 Å². The Morgan fingerprint density at radius 1 is 1.30 bits per heavy atom. The van der Waals surface area contributed by atoms with E-state index in [1.807, 2.05) is 0 Å².